The van der Waals surface area contributed by atoms with Gasteiger partial charge in [-0.15, -0.1) is 0 Å². The van der Waals surface area contributed by atoms with Gasteiger partial charge in [-0.1, -0.05) is 250 Å². The number of aromatic nitrogens is 1. The average Bonchev–Trinajstić information content (AvgIpc) is 2.04. The largest absolute Gasteiger partial charge is 0.311 e. The molecule has 1 heterocycles. The van der Waals surface area contributed by atoms with E-state index in [1.165, 1.54) is 121 Å². The lowest BCUT2D eigenvalue weighted by Crippen LogP contribution is -2.14. The fraction of sp³-hybridized carbons (Fsp3) is 0.0361. The van der Waals surface area contributed by atoms with E-state index in [9.17, 15) is 0 Å². The zero-order valence-corrected chi connectivity index (χ0v) is 47.4. The van der Waals surface area contributed by atoms with E-state index in [0.29, 0.717) is 0 Å². The van der Waals surface area contributed by atoms with Crippen molar-refractivity contribution in [3.8, 4) is 83.6 Å². The first-order chi connectivity index (χ1) is 41.9. The van der Waals surface area contributed by atoms with Gasteiger partial charge in [0, 0.05) is 38.9 Å². The van der Waals surface area contributed by atoms with Crippen LogP contribution in [0.25, 0.3) is 127 Å². The third kappa shape index (κ3) is 8.32. The summed E-state index contributed by atoms with van der Waals surface area (Å²) in [6, 6.07) is 116. The highest BCUT2D eigenvalue weighted by atomic mass is 15.1. The van der Waals surface area contributed by atoms with E-state index in [0.717, 1.165) is 33.8 Å². The molecule has 0 saturated heterocycles. The second kappa shape index (κ2) is 20.3. The highest BCUT2D eigenvalue weighted by Gasteiger charge is 2.35. The molecule has 14 aromatic carbocycles. The molecule has 400 valence electrons. The standard InChI is InChI=1S/C83H58N2/c1-83(2)77-37-21-20-32-69(77)70-49-40-60(54-78(70)83)82-73-35-18-16-33-71(73)81(72-34-17-19-36-74(72)82)57-38-43-62(44-39-57)84(61-26-10-5-11-27-61)63-45-47-64(48-46-63)85-79-50-41-58(67-30-14-12-28-65(67)55-22-6-3-7-23-55)52-75(79)76-53-59(42-51-80(76)85)68-31-15-13-29-66(68)56-24-8-4-9-25-56/h3-54H,1-2H3. The van der Waals surface area contributed by atoms with Crippen LogP contribution in [0, 0.1) is 0 Å². The Labute approximate surface area is 496 Å². The fourth-order valence-corrected chi connectivity index (χ4v) is 14.0. The van der Waals surface area contributed by atoms with Crippen LogP contribution in [0.3, 0.4) is 0 Å². The van der Waals surface area contributed by atoms with E-state index < -0.39 is 0 Å². The number of hydrogen-bond acceptors (Lipinski definition) is 1. The molecular weight excluding hydrogens is 1020 g/mol. The maximum atomic E-state index is 2.47. The molecule has 1 aliphatic carbocycles. The smallest absolute Gasteiger partial charge is 0.0541 e. The number of hydrogen-bond donors (Lipinski definition) is 0. The minimum Gasteiger partial charge on any atom is -0.311 e. The molecule has 1 aliphatic rings. The van der Waals surface area contributed by atoms with Gasteiger partial charge in [0.25, 0.3) is 0 Å². The Morgan fingerprint density at radius 1 is 0.247 bits per heavy atom. The Morgan fingerprint density at radius 3 is 1.12 bits per heavy atom. The van der Waals surface area contributed by atoms with E-state index in [1.807, 2.05) is 0 Å². The molecule has 0 bridgehead atoms. The summed E-state index contributed by atoms with van der Waals surface area (Å²) < 4.78 is 2.44. The highest BCUT2D eigenvalue weighted by molar-refractivity contribution is 6.21. The summed E-state index contributed by atoms with van der Waals surface area (Å²) in [6.45, 7) is 4.74. The second-order valence-corrected chi connectivity index (χ2v) is 23.1. The lowest BCUT2D eigenvalue weighted by molar-refractivity contribution is 0.660. The van der Waals surface area contributed by atoms with Crippen LogP contribution in [0.5, 0.6) is 0 Å². The van der Waals surface area contributed by atoms with Gasteiger partial charge in [-0.25, -0.2) is 0 Å². The highest BCUT2D eigenvalue weighted by Crippen LogP contribution is 2.52. The topological polar surface area (TPSA) is 8.17 Å². The molecule has 85 heavy (non-hydrogen) atoms. The number of para-hydroxylation sites is 1. The lowest BCUT2D eigenvalue weighted by Gasteiger charge is -2.26. The molecule has 0 amide bonds. The fourth-order valence-electron chi connectivity index (χ4n) is 14.0. The molecule has 16 rings (SSSR count). The quantitative estimate of drug-likeness (QED) is 0.124. The van der Waals surface area contributed by atoms with Crippen molar-refractivity contribution in [2.45, 2.75) is 19.3 Å². The molecule has 0 radical (unpaired) electrons. The first-order valence-electron chi connectivity index (χ1n) is 29.6. The van der Waals surface area contributed by atoms with Gasteiger partial charge in [-0.05, 0) is 189 Å². The van der Waals surface area contributed by atoms with Crippen molar-refractivity contribution in [1.29, 1.82) is 0 Å². The summed E-state index contributed by atoms with van der Waals surface area (Å²) in [6.07, 6.45) is 0. The van der Waals surface area contributed by atoms with Crippen LogP contribution >= 0.6 is 0 Å². The zero-order chi connectivity index (χ0) is 56.6. The summed E-state index contributed by atoms with van der Waals surface area (Å²) in [7, 11) is 0. The summed E-state index contributed by atoms with van der Waals surface area (Å²) in [5.41, 5.74) is 26.6. The van der Waals surface area contributed by atoms with Crippen molar-refractivity contribution in [2.24, 2.45) is 0 Å². The number of nitrogens with zero attached hydrogens (tertiary/aromatic N) is 2. The first-order valence-corrected chi connectivity index (χ1v) is 29.6. The number of rotatable bonds is 10. The second-order valence-electron chi connectivity index (χ2n) is 23.1. The SMILES string of the molecule is CC1(C)c2ccccc2-c2ccc(-c3c4ccccc4c(-c4ccc(N(c5ccccc5)c5ccc(-n6c7ccc(-c8ccccc8-c8ccccc8)cc7c7cc(-c8ccccc8-c8ccccc8)ccc76)cc5)cc4)c4ccccc34)cc21. The molecule has 0 fully saturated rings. The van der Waals surface area contributed by atoms with Crippen LogP contribution in [-0.2, 0) is 5.41 Å². The lowest BCUT2D eigenvalue weighted by atomic mass is 9.80. The number of fused-ring (bicyclic) bond motifs is 8. The van der Waals surface area contributed by atoms with Gasteiger partial charge in [0.05, 0.1) is 11.0 Å². The van der Waals surface area contributed by atoms with Crippen LogP contribution < -0.4 is 4.90 Å². The van der Waals surface area contributed by atoms with Crippen molar-refractivity contribution in [3.63, 3.8) is 0 Å². The van der Waals surface area contributed by atoms with E-state index in [4.69, 9.17) is 0 Å². The van der Waals surface area contributed by atoms with Crippen LogP contribution in [0.2, 0.25) is 0 Å². The molecule has 2 nitrogen and oxygen atoms in total. The molecule has 1 aromatic heterocycles. The summed E-state index contributed by atoms with van der Waals surface area (Å²) in [5, 5.41) is 7.41. The summed E-state index contributed by atoms with van der Waals surface area (Å²) >= 11 is 0. The van der Waals surface area contributed by atoms with E-state index in [2.05, 4.69) is 339 Å². The normalized spacial score (nSPS) is 12.4. The van der Waals surface area contributed by atoms with Gasteiger partial charge in [-0.2, -0.15) is 0 Å². The van der Waals surface area contributed by atoms with Crippen LogP contribution in [-0.4, -0.2) is 4.57 Å². The summed E-state index contributed by atoms with van der Waals surface area (Å²) in [4.78, 5) is 2.37. The van der Waals surface area contributed by atoms with Gasteiger partial charge < -0.3 is 9.47 Å². The summed E-state index contributed by atoms with van der Waals surface area (Å²) in [5.74, 6) is 0. The third-order valence-electron chi connectivity index (χ3n) is 18.0. The van der Waals surface area contributed by atoms with Gasteiger partial charge in [-0.3, -0.25) is 0 Å². The number of anilines is 3. The van der Waals surface area contributed by atoms with Gasteiger partial charge in [0.15, 0.2) is 0 Å². The van der Waals surface area contributed by atoms with E-state index in [1.54, 1.807) is 0 Å². The molecular formula is C83H58N2. The molecule has 0 N–H and O–H groups in total. The van der Waals surface area contributed by atoms with Crippen molar-refractivity contribution in [2.75, 3.05) is 4.90 Å². The average molecular weight is 1080 g/mol. The Balaban J connectivity index is 0.800. The van der Waals surface area contributed by atoms with Crippen molar-refractivity contribution < 1.29 is 0 Å². The Kier molecular flexibility index (Phi) is 11.9. The monoisotopic (exact) mass is 1080 g/mol. The molecule has 0 saturated carbocycles. The van der Waals surface area contributed by atoms with Crippen molar-refractivity contribution in [1.82, 2.24) is 4.57 Å². The Hall–Kier alpha value is -10.8. The molecule has 0 aliphatic heterocycles. The van der Waals surface area contributed by atoms with Crippen LogP contribution in [0.15, 0.2) is 315 Å². The van der Waals surface area contributed by atoms with Crippen LogP contribution in [0.1, 0.15) is 25.0 Å². The zero-order valence-electron chi connectivity index (χ0n) is 47.4. The van der Waals surface area contributed by atoms with E-state index in [-0.39, 0.29) is 5.41 Å². The van der Waals surface area contributed by atoms with Crippen molar-refractivity contribution >= 4 is 60.4 Å². The van der Waals surface area contributed by atoms with E-state index >= 15 is 0 Å². The van der Waals surface area contributed by atoms with Gasteiger partial charge >= 0.3 is 0 Å². The van der Waals surface area contributed by atoms with Gasteiger partial charge in [0.2, 0.25) is 0 Å². The molecule has 0 unspecified atom stereocenters. The predicted octanol–water partition coefficient (Wildman–Crippen LogP) is 22.9. The van der Waals surface area contributed by atoms with Crippen LogP contribution in [0.4, 0.5) is 17.1 Å². The molecule has 15 aromatic rings. The maximum absolute atomic E-state index is 2.47. The molecule has 0 atom stereocenters. The Morgan fingerprint density at radius 2 is 0.612 bits per heavy atom. The van der Waals surface area contributed by atoms with Crippen molar-refractivity contribution in [3.05, 3.63) is 327 Å². The van der Waals surface area contributed by atoms with Gasteiger partial charge in [0.1, 0.15) is 0 Å². The first kappa shape index (κ1) is 50.0. The minimum absolute atomic E-state index is 0.0952. The molecule has 0 spiro atoms. The molecule has 2 heteroatoms. The predicted molar refractivity (Wildman–Crippen MR) is 361 cm³/mol. The number of benzene rings is 14. The Bertz CT molecular complexity index is 4860. The maximum Gasteiger partial charge on any atom is 0.0541 e. The minimum atomic E-state index is -0.0952. The third-order valence-corrected chi connectivity index (χ3v) is 18.0.